The molecule has 3 saturated heterocycles. The second kappa shape index (κ2) is 6.31. The monoisotopic (exact) mass is 349 g/mol. The van der Waals surface area contributed by atoms with Crippen LogP contribution in [-0.4, -0.2) is 47.6 Å². The Labute approximate surface area is 154 Å². The van der Waals surface area contributed by atoms with Gasteiger partial charge in [0.2, 0.25) is 0 Å². The van der Waals surface area contributed by atoms with Crippen LogP contribution in [0.5, 0.6) is 0 Å². The maximum absolute atomic E-state index is 13.5. The largest absolute Gasteiger partial charge is 0.316 e. The number of likely N-dealkylation sites (tertiary alicyclic amines) is 1. The summed E-state index contributed by atoms with van der Waals surface area (Å²) in [4.78, 5) is 16.1. The highest BCUT2D eigenvalue weighted by molar-refractivity contribution is 5.89. The first-order valence-electron chi connectivity index (χ1n) is 10.2. The molecule has 3 aliphatic rings. The van der Waals surface area contributed by atoms with E-state index in [0.717, 1.165) is 13.1 Å². The Morgan fingerprint density at radius 3 is 2.28 bits per heavy atom. The fourth-order valence-corrected chi connectivity index (χ4v) is 5.78. The molecule has 3 aliphatic heterocycles. The average molecular weight is 350 g/mol. The molecule has 144 valence electrons. The number of carbonyl (C=O) groups excluding carboxylic acids is 1. The second-order valence-electron chi connectivity index (χ2n) is 10.9. The van der Waals surface area contributed by atoms with Gasteiger partial charge < -0.3 is 5.32 Å². The van der Waals surface area contributed by atoms with Gasteiger partial charge in [-0.1, -0.05) is 34.6 Å². The minimum Gasteiger partial charge on any atom is -0.316 e. The van der Waals surface area contributed by atoms with Crippen LogP contribution in [-0.2, 0) is 4.79 Å². The number of hydrogen-bond donors (Lipinski definition) is 2. The molecule has 0 bridgehead atoms. The first-order chi connectivity index (χ1) is 11.4. The number of nitrogens with zero attached hydrogens (tertiary/aromatic N) is 1. The highest BCUT2D eigenvalue weighted by Crippen LogP contribution is 2.52. The van der Waals surface area contributed by atoms with Crippen LogP contribution >= 0.6 is 0 Å². The SMILES string of the molecule is CC(C)C1C2C3CNCCC3NC2N(C(C)(C)C)C1C(=O)C(C)(C)C. The van der Waals surface area contributed by atoms with E-state index < -0.39 is 0 Å². The fourth-order valence-electron chi connectivity index (χ4n) is 5.78. The van der Waals surface area contributed by atoms with Crippen molar-refractivity contribution in [2.45, 2.75) is 85.6 Å². The molecule has 0 aromatic rings. The first kappa shape index (κ1) is 19.3. The smallest absolute Gasteiger partial charge is 0.155 e. The summed E-state index contributed by atoms with van der Waals surface area (Å²) in [6.45, 7) is 19.9. The summed E-state index contributed by atoms with van der Waals surface area (Å²) in [5.41, 5.74) is -0.323. The van der Waals surface area contributed by atoms with Gasteiger partial charge in [0, 0.05) is 17.0 Å². The number of rotatable bonds is 2. The molecule has 0 radical (unpaired) electrons. The Balaban J connectivity index is 2.06. The predicted octanol–water partition coefficient (Wildman–Crippen LogP) is 2.88. The lowest BCUT2D eigenvalue weighted by Crippen LogP contribution is -2.59. The van der Waals surface area contributed by atoms with Gasteiger partial charge in [0.05, 0.1) is 12.2 Å². The normalized spacial score (nSPS) is 39.6. The Bertz CT molecular complexity index is 516. The third-order valence-electron chi connectivity index (χ3n) is 6.73. The molecular formula is C21H39N3O. The van der Waals surface area contributed by atoms with E-state index in [9.17, 15) is 4.79 Å². The van der Waals surface area contributed by atoms with E-state index in [0.29, 0.717) is 41.7 Å². The van der Waals surface area contributed by atoms with E-state index in [2.05, 4.69) is 70.9 Å². The second-order valence-corrected chi connectivity index (χ2v) is 10.9. The minimum absolute atomic E-state index is 0.0189. The minimum atomic E-state index is -0.301. The van der Waals surface area contributed by atoms with Gasteiger partial charge in [-0.2, -0.15) is 0 Å². The zero-order valence-corrected chi connectivity index (χ0v) is 17.5. The molecule has 0 spiro atoms. The first-order valence-corrected chi connectivity index (χ1v) is 10.2. The van der Waals surface area contributed by atoms with E-state index in [1.165, 1.54) is 6.42 Å². The quantitative estimate of drug-likeness (QED) is 0.805. The molecule has 2 N–H and O–H groups in total. The fraction of sp³-hybridized carbons (Fsp3) is 0.952. The van der Waals surface area contributed by atoms with Gasteiger partial charge in [0.15, 0.2) is 5.78 Å². The summed E-state index contributed by atoms with van der Waals surface area (Å²) in [5.74, 6) is 2.57. The number of ketones is 1. The zero-order chi connectivity index (χ0) is 18.7. The highest BCUT2D eigenvalue weighted by atomic mass is 16.1. The lowest BCUT2D eigenvalue weighted by Gasteiger charge is -2.44. The molecule has 0 amide bonds. The molecule has 0 saturated carbocycles. The van der Waals surface area contributed by atoms with E-state index in [4.69, 9.17) is 0 Å². The lowest BCUT2D eigenvalue weighted by atomic mass is 9.70. The van der Waals surface area contributed by atoms with Crippen molar-refractivity contribution in [2.75, 3.05) is 13.1 Å². The number of hydrogen-bond acceptors (Lipinski definition) is 4. The Kier molecular flexibility index (Phi) is 4.88. The molecule has 6 unspecified atom stereocenters. The summed E-state index contributed by atoms with van der Waals surface area (Å²) < 4.78 is 0. The van der Waals surface area contributed by atoms with Gasteiger partial charge in [0.1, 0.15) is 0 Å². The van der Waals surface area contributed by atoms with Gasteiger partial charge in [-0.15, -0.1) is 0 Å². The van der Waals surface area contributed by atoms with E-state index >= 15 is 0 Å². The average Bonchev–Trinajstić information content (AvgIpc) is 2.97. The van der Waals surface area contributed by atoms with E-state index in [1.54, 1.807) is 0 Å². The molecule has 25 heavy (non-hydrogen) atoms. The van der Waals surface area contributed by atoms with Crippen molar-refractivity contribution < 1.29 is 4.79 Å². The van der Waals surface area contributed by atoms with Crippen molar-refractivity contribution in [1.82, 2.24) is 15.5 Å². The van der Waals surface area contributed by atoms with Crippen LogP contribution in [0.3, 0.4) is 0 Å². The van der Waals surface area contributed by atoms with Crippen LogP contribution in [0.2, 0.25) is 0 Å². The van der Waals surface area contributed by atoms with Crippen molar-refractivity contribution in [3.05, 3.63) is 0 Å². The third-order valence-corrected chi connectivity index (χ3v) is 6.73. The van der Waals surface area contributed by atoms with Crippen LogP contribution in [0.25, 0.3) is 0 Å². The predicted molar refractivity (Wildman–Crippen MR) is 103 cm³/mol. The molecule has 0 aliphatic carbocycles. The van der Waals surface area contributed by atoms with Crippen molar-refractivity contribution >= 4 is 5.78 Å². The van der Waals surface area contributed by atoms with Crippen LogP contribution in [0.4, 0.5) is 0 Å². The van der Waals surface area contributed by atoms with Crippen molar-refractivity contribution in [3.8, 4) is 0 Å². The topological polar surface area (TPSA) is 44.4 Å². The van der Waals surface area contributed by atoms with Gasteiger partial charge in [-0.25, -0.2) is 0 Å². The molecule has 0 aromatic carbocycles. The molecular weight excluding hydrogens is 310 g/mol. The molecule has 4 heteroatoms. The van der Waals surface area contributed by atoms with E-state index in [1.807, 2.05) is 0 Å². The molecule has 3 rings (SSSR count). The van der Waals surface area contributed by atoms with Crippen LogP contribution < -0.4 is 10.6 Å². The summed E-state index contributed by atoms with van der Waals surface area (Å²) >= 11 is 0. The van der Waals surface area contributed by atoms with Gasteiger partial charge >= 0.3 is 0 Å². The van der Waals surface area contributed by atoms with E-state index in [-0.39, 0.29) is 17.0 Å². The maximum Gasteiger partial charge on any atom is 0.155 e. The molecule has 3 heterocycles. The zero-order valence-electron chi connectivity index (χ0n) is 17.5. The van der Waals surface area contributed by atoms with Gasteiger partial charge in [-0.05, 0) is 64.0 Å². The standard InChI is InChI=1S/C21H39N3O/c1-12(2)15-16-13-11-22-10-9-14(13)23-19(16)24(21(6,7)8)17(15)18(25)20(3,4)5/h12-17,19,22-23H,9-11H2,1-8H3. The maximum atomic E-state index is 13.5. The number of fused-ring (bicyclic) bond motifs is 3. The Morgan fingerprint density at radius 1 is 1.12 bits per heavy atom. The molecule has 0 aromatic heterocycles. The van der Waals surface area contributed by atoms with Crippen LogP contribution in [0, 0.1) is 29.1 Å². The van der Waals surface area contributed by atoms with Crippen molar-refractivity contribution in [1.29, 1.82) is 0 Å². The van der Waals surface area contributed by atoms with Crippen molar-refractivity contribution in [3.63, 3.8) is 0 Å². The van der Waals surface area contributed by atoms with Crippen LogP contribution in [0.1, 0.15) is 61.8 Å². The molecule has 4 nitrogen and oxygen atoms in total. The summed E-state index contributed by atoms with van der Waals surface area (Å²) in [6.07, 6.45) is 1.54. The van der Waals surface area contributed by atoms with Crippen molar-refractivity contribution in [2.24, 2.45) is 29.1 Å². The summed E-state index contributed by atoms with van der Waals surface area (Å²) in [6, 6.07) is 0.624. The number of nitrogens with one attached hydrogen (secondary N) is 2. The summed E-state index contributed by atoms with van der Waals surface area (Å²) in [5, 5.41) is 7.58. The Morgan fingerprint density at radius 2 is 1.76 bits per heavy atom. The Hall–Kier alpha value is -0.450. The number of Topliss-reactive ketones (excluding diaryl/α,β-unsaturated/α-hetero) is 1. The lowest BCUT2D eigenvalue weighted by molar-refractivity contribution is -0.136. The van der Waals surface area contributed by atoms with Gasteiger partial charge in [-0.3, -0.25) is 15.0 Å². The van der Waals surface area contributed by atoms with Crippen LogP contribution in [0.15, 0.2) is 0 Å². The number of piperidine rings is 1. The number of carbonyl (C=O) groups is 1. The third kappa shape index (κ3) is 3.19. The highest BCUT2D eigenvalue weighted by Gasteiger charge is 2.62. The molecule has 6 atom stereocenters. The van der Waals surface area contributed by atoms with Gasteiger partial charge in [0.25, 0.3) is 0 Å². The summed E-state index contributed by atoms with van der Waals surface area (Å²) in [7, 11) is 0. The molecule has 3 fully saturated rings.